The van der Waals surface area contributed by atoms with Gasteiger partial charge in [0.2, 0.25) is 0 Å². The van der Waals surface area contributed by atoms with E-state index in [4.69, 9.17) is 5.11 Å². The molecule has 0 saturated heterocycles. The van der Waals surface area contributed by atoms with Crippen molar-refractivity contribution in [3.05, 3.63) is 66.6 Å². The number of aromatic carboxylic acids is 1. The standard InChI is InChI=1S/C13H13BrF4O2.C7HBrF4O2/c1-2-3-4-5-6-20-13(19)7-9(15)11(17)8(14)12(18)10(7)16;8-2-5(11)3(9)1(7(13)14)4(10)6(2)12/h2-6H2,1H3;(H,13,14). The number of carboxylic acids is 1. The summed E-state index contributed by atoms with van der Waals surface area (Å²) >= 11 is 4.60. The van der Waals surface area contributed by atoms with Crippen LogP contribution in [0.15, 0.2) is 8.95 Å². The molecule has 34 heavy (non-hydrogen) atoms. The first kappa shape index (κ1) is 29.8. The highest BCUT2D eigenvalue weighted by Crippen LogP contribution is 2.29. The SMILES string of the molecule is CCCCCCOC(=O)c1c(F)c(F)c(Br)c(F)c1F.O=C(O)c1c(F)c(F)c(Br)c(F)c1F. The van der Waals surface area contributed by atoms with Gasteiger partial charge in [0, 0.05) is 0 Å². The molecule has 188 valence electrons. The van der Waals surface area contributed by atoms with Gasteiger partial charge in [-0.3, -0.25) is 0 Å². The molecule has 0 unspecified atom stereocenters. The molecule has 0 bridgehead atoms. The molecule has 0 aromatic heterocycles. The Labute approximate surface area is 204 Å². The number of halogens is 10. The molecule has 0 aliphatic carbocycles. The van der Waals surface area contributed by atoms with Crippen molar-refractivity contribution in [2.45, 2.75) is 32.6 Å². The topological polar surface area (TPSA) is 63.6 Å². The normalized spacial score (nSPS) is 10.6. The van der Waals surface area contributed by atoms with Crippen LogP contribution < -0.4 is 0 Å². The summed E-state index contributed by atoms with van der Waals surface area (Å²) in [5, 5.41) is 8.26. The van der Waals surface area contributed by atoms with Crippen LogP contribution in [0.4, 0.5) is 35.1 Å². The Morgan fingerprint density at radius 3 is 1.41 bits per heavy atom. The van der Waals surface area contributed by atoms with E-state index in [0.717, 1.165) is 19.3 Å². The first-order valence-electron chi connectivity index (χ1n) is 9.22. The van der Waals surface area contributed by atoms with Gasteiger partial charge < -0.3 is 9.84 Å². The van der Waals surface area contributed by atoms with Gasteiger partial charge >= 0.3 is 11.9 Å². The molecule has 1 N–H and O–H groups in total. The monoisotopic (exact) mass is 628 g/mol. The lowest BCUT2D eigenvalue weighted by atomic mass is 10.2. The Morgan fingerprint density at radius 1 is 0.676 bits per heavy atom. The number of carboxylic acid groups (broad SMARTS) is 1. The summed E-state index contributed by atoms with van der Waals surface area (Å²) in [6, 6.07) is 0. The Kier molecular flexibility index (Phi) is 11.4. The van der Waals surface area contributed by atoms with E-state index in [-0.39, 0.29) is 6.61 Å². The molecule has 0 saturated carbocycles. The highest BCUT2D eigenvalue weighted by molar-refractivity contribution is 9.10. The second-order valence-corrected chi connectivity index (χ2v) is 7.98. The molecule has 2 aromatic rings. The van der Waals surface area contributed by atoms with Crippen LogP contribution in [0.1, 0.15) is 53.3 Å². The average Bonchev–Trinajstić information content (AvgIpc) is 2.79. The third-order valence-corrected chi connectivity index (χ3v) is 5.46. The van der Waals surface area contributed by atoms with E-state index in [1.54, 1.807) is 0 Å². The van der Waals surface area contributed by atoms with Crippen LogP contribution in [0.3, 0.4) is 0 Å². The number of rotatable bonds is 7. The van der Waals surface area contributed by atoms with Crippen molar-refractivity contribution >= 4 is 43.8 Å². The second kappa shape index (κ2) is 13.0. The summed E-state index contributed by atoms with van der Waals surface area (Å²) in [7, 11) is 0. The zero-order chi connectivity index (χ0) is 26.3. The molecule has 0 radical (unpaired) electrons. The van der Waals surface area contributed by atoms with Crippen molar-refractivity contribution in [3.63, 3.8) is 0 Å². The molecule has 0 fully saturated rings. The minimum absolute atomic E-state index is 0.0585. The number of carbonyl (C=O) groups excluding carboxylic acids is 1. The molecule has 4 nitrogen and oxygen atoms in total. The second-order valence-electron chi connectivity index (χ2n) is 6.39. The molecular weight excluding hydrogens is 616 g/mol. The van der Waals surface area contributed by atoms with Crippen LogP contribution in [0.2, 0.25) is 0 Å². The summed E-state index contributed by atoms with van der Waals surface area (Å²) in [5.41, 5.74) is -3.00. The predicted molar refractivity (Wildman–Crippen MR) is 109 cm³/mol. The van der Waals surface area contributed by atoms with E-state index in [2.05, 4.69) is 36.6 Å². The number of carbonyl (C=O) groups is 2. The Hall–Kier alpha value is -2.22. The number of ether oxygens (including phenoxy) is 1. The van der Waals surface area contributed by atoms with E-state index in [0.29, 0.717) is 6.42 Å². The number of unbranched alkanes of at least 4 members (excludes halogenated alkanes) is 3. The van der Waals surface area contributed by atoms with E-state index in [9.17, 15) is 44.7 Å². The largest absolute Gasteiger partial charge is 0.477 e. The fourth-order valence-electron chi connectivity index (χ4n) is 2.34. The van der Waals surface area contributed by atoms with Gasteiger partial charge in [0.05, 0.1) is 15.6 Å². The van der Waals surface area contributed by atoms with Crippen LogP contribution in [-0.4, -0.2) is 23.7 Å². The minimum atomic E-state index is -2.08. The maximum Gasteiger partial charge on any atom is 0.344 e. The average molecular weight is 630 g/mol. The van der Waals surface area contributed by atoms with Crippen LogP contribution in [0.25, 0.3) is 0 Å². The predicted octanol–water partition coefficient (Wildman–Crippen LogP) is 7.45. The lowest BCUT2D eigenvalue weighted by Crippen LogP contribution is -2.14. The highest BCUT2D eigenvalue weighted by Gasteiger charge is 2.30. The van der Waals surface area contributed by atoms with Gasteiger partial charge in [-0.1, -0.05) is 26.2 Å². The van der Waals surface area contributed by atoms with Crippen LogP contribution >= 0.6 is 31.9 Å². The van der Waals surface area contributed by atoms with E-state index < -0.39 is 78.5 Å². The molecule has 2 rings (SSSR count). The number of esters is 1. The fraction of sp³-hybridized carbons (Fsp3) is 0.300. The highest BCUT2D eigenvalue weighted by atomic mass is 79.9. The molecule has 2 aromatic carbocycles. The Morgan fingerprint density at radius 2 is 1.06 bits per heavy atom. The molecule has 0 heterocycles. The van der Waals surface area contributed by atoms with Crippen molar-refractivity contribution in [1.82, 2.24) is 0 Å². The molecule has 14 heteroatoms. The van der Waals surface area contributed by atoms with Crippen LogP contribution in [0, 0.1) is 46.5 Å². The lowest BCUT2D eigenvalue weighted by Gasteiger charge is -2.09. The first-order chi connectivity index (χ1) is 15.8. The van der Waals surface area contributed by atoms with Gasteiger partial charge in [-0.25, -0.2) is 44.7 Å². The van der Waals surface area contributed by atoms with Crippen LogP contribution in [-0.2, 0) is 4.74 Å². The Balaban J connectivity index is 0.000000362. The van der Waals surface area contributed by atoms with Gasteiger partial charge in [0.1, 0.15) is 11.1 Å². The van der Waals surface area contributed by atoms with Crippen molar-refractivity contribution in [1.29, 1.82) is 0 Å². The molecule has 0 amide bonds. The van der Waals surface area contributed by atoms with Crippen molar-refractivity contribution < 1.29 is 54.6 Å². The smallest absolute Gasteiger partial charge is 0.344 e. The van der Waals surface area contributed by atoms with Crippen molar-refractivity contribution in [2.75, 3.05) is 6.61 Å². The number of benzene rings is 2. The maximum absolute atomic E-state index is 13.5. The zero-order valence-electron chi connectivity index (χ0n) is 17.0. The van der Waals surface area contributed by atoms with E-state index >= 15 is 0 Å². The maximum atomic E-state index is 13.5. The lowest BCUT2D eigenvalue weighted by molar-refractivity contribution is 0.0483. The van der Waals surface area contributed by atoms with Crippen molar-refractivity contribution in [3.8, 4) is 0 Å². The number of hydrogen-bond acceptors (Lipinski definition) is 3. The fourth-order valence-corrected chi connectivity index (χ4v) is 3.04. The van der Waals surface area contributed by atoms with E-state index in [1.807, 2.05) is 6.92 Å². The molecule has 0 atom stereocenters. The van der Waals surface area contributed by atoms with Gasteiger partial charge in [-0.2, -0.15) is 0 Å². The summed E-state index contributed by atoms with van der Waals surface area (Å²) in [6.45, 7) is 1.93. The van der Waals surface area contributed by atoms with Gasteiger partial charge in [-0.05, 0) is 38.3 Å². The van der Waals surface area contributed by atoms with Gasteiger partial charge in [0.15, 0.2) is 46.5 Å². The van der Waals surface area contributed by atoms with E-state index in [1.165, 1.54) is 0 Å². The Bertz CT molecular complexity index is 1040. The third kappa shape index (κ3) is 6.68. The summed E-state index contributed by atoms with van der Waals surface area (Å²) in [5.74, 6) is -17.8. The van der Waals surface area contributed by atoms with Crippen LogP contribution in [0.5, 0.6) is 0 Å². The molecule has 0 aliphatic rings. The van der Waals surface area contributed by atoms with Gasteiger partial charge in [0.25, 0.3) is 0 Å². The zero-order valence-corrected chi connectivity index (χ0v) is 20.2. The quantitative estimate of drug-likeness (QED) is 0.114. The summed E-state index contributed by atoms with van der Waals surface area (Å²) in [6.07, 6.45) is 3.21. The molecular formula is C20H14Br2F8O4. The summed E-state index contributed by atoms with van der Waals surface area (Å²) in [4.78, 5) is 21.7. The van der Waals surface area contributed by atoms with Crippen molar-refractivity contribution in [2.24, 2.45) is 0 Å². The number of hydrogen-bond donors (Lipinski definition) is 1. The minimum Gasteiger partial charge on any atom is -0.477 e. The molecule has 0 spiro atoms. The third-order valence-electron chi connectivity index (χ3n) is 4.07. The van der Waals surface area contributed by atoms with Gasteiger partial charge in [-0.15, -0.1) is 0 Å². The first-order valence-corrected chi connectivity index (χ1v) is 10.8. The molecule has 0 aliphatic heterocycles. The summed E-state index contributed by atoms with van der Waals surface area (Å²) < 4.78 is 107.